The largest absolute Gasteiger partial charge is 0.460 e. The number of nitrogens with one attached hydrogen (secondary N) is 1. The molecule has 1 aliphatic rings. The first-order chi connectivity index (χ1) is 8.74. The molecule has 1 fully saturated rings. The minimum absolute atomic E-state index is 0.714. The number of furan rings is 1. The molecule has 0 atom stereocenters. The highest BCUT2D eigenvalue weighted by molar-refractivity contribution is 9.10. The molecule has 1 N–H and O–H groups in total. The minimum Gasteiger partial charge on any atom is -0.460 e. The smallest absolute Gasteiger partial charge is 0.134 e. The molecular formula is C15H16BrNO. The van der Waals surface area contributed by atoms with Gasteiger partial charge in [0.1, 0.15) is 11.5 Å². The molecule has 0 bridgehead atoms. The van der Waals surface area contributed by atoms with Gasteiger partial charge in [0.25, 0.3) is 0 Å². The summed E-state index contributed by atoms with van der Waals surface area (Å²) in [4.78, 5) is 0. The highest BCUT2D eigenvalue weighted by Crippen LogP contribution is 2.30. The average molecular weight is 306 g/mol. The summed E-state index contributed by atoms with van der Waals surface area (Å²) in [6.45, 7) is 2.93. The summed E-state index contributed by atoms with van der Waals surface area (Å²) >= 11 is 3.55. The standard InChI is InChI=1S/C15H16BrNO/c1-10-13(3-2-4-14(10)16)15-8-7-12(18-15)9-17-11-5-6-11/h2-4,7-8,11,17H,5-6,9H2,1H3. The predicted octanol–water partition coefficient (Wildman–Crippen LogP) is 4.27. The fourth-order valence-electron chi connectivity index (χ4n) is 2.02. The zero-order valence-electron chi connectivity index (χ0n) is 10.4. The van der Waals surface area contributed by atoms with Crippen molar-refractivity contribution in [2.45, 2.75) is 32.4 Å². The van der Waals surface area contributed by atoms with E-state index in [0.29, 0.717) is 6.04 Å². The van der Waals surface area contributed by atoms with E-state index < -0.39 is 0 Å². The molecule has 0 spiro atoms. The van der Waals surface area contributed by atoms with Gasteiger partial charge in [0.05, 0.1) is 6.54 Å². The van der Waals surface area contributed by atoms with E-state index in [0.717, 1.165) is 28.1 Å². The summed E-state index contributed by atoms with van der Waals surface area (Å²) in [6.07, 6.45) is 2.61. The lowest BCUT2D eigenvalue weighted by Crippen LogP contribution is -2.14. The van der Waals surface area contributed by atoms with E-state index in [2.05, 4.69) is 52.4 Å². The molecule has 18 heavy (non-hydrogen) atoms. The van der Waals surface area contributed by atoms with E-state index in [4.69, 9.17) is 4.42 Å². The van der Waals surface area contributed by atoms with Crippen molar-refractivity contribution in [3.8, 4) is 11.3 Å². The van der Waals surface area contributed by atoms with E-state index in [9.17, 15) is 0 Å². The first kappa shape index (κ1) is 12.0. The molecule has 1 aromatic heterocycles. The van der Waals surface area contributed by atoms with E-state index in [-0.39, 0.29) is 0 Å². The molecule has 94 valence electrons. The van der Waals surface area contributed by atoms with Gasteiger partial charge in [-0.1, -0.05) is 28.1 Å². The second kappa shape index (κ2) is 4.90. The van der Waals surface area contributed by atoms with Gasteiger partial charge in [-0.3, -0.25) is 0 Å². The number of benzene rings is 1. The van der Waals surface area contributed by atoms with Crippen molar-refractivity contribution in [1.29, 1.82) is 0 Å². The van der Waals surface area contributed by atoms with Crippen molar-refractivity contribution in [3.05, 3.63) is 46.1 Å². The highest BCUT2D eigenvalue weighted by Gasteiger charge is 2.20. The van der Waals surface area contributed by atoms with Crippen LogP contribution in [-0.4, -0.2) is 6.04 Å². The van der Waals surface area contributed by atoms with E-state index in [1.165, 1.54) is 18.4 Å². The molecule has 3 rings (SSSR count). The van der Waals surface area contributed by atoms with Crippen LogP contribution >= 0.6 is 15.9 Å². The van der Waals surface area contributed by atoms with Gasteiger partial charge in [-0.25, -0.2) is 0 Å². The fraction of sp³-hybridized carbons (Fsp3) is 0.333. The van der Waals surface area contributed by atoms with Crippen molar-refractivity contribution >= 4 is 15.9 Å². The van der Waals surface area contributed by atoms with Crippen LogP contribution in [0.4, 0.5) is 0 Å². The fourth-order valence-corrected chi connectivity index (χ4v) is 2.39. The molecule has 0 saturated heterocycles. The molecule has 1 aromatic carbocycles. The summed E-state index contributed by atoms with van der Waals surface area (Å²) in [5, 5.41) is 3.46. The molecular weight excluding hydrogens is 290 g/mol. The van der Waals surface area contributed by atoms with E-state index in [1.807, 2.05) is 6.07 Å². The maximum Gasteiger partial charge on any atom is 0.134 e. The Kier molecular flexibility index (Phi) is 3.27. The van der Waals surface area contributed by atoms with Gasteiger partial charge >= 0.3 is 0 Å². The minimum atomic E-state index is 0.714. The zero-order valence-corrected chi connectivity index (χ0v) is 12.0. The van der Waals surface area contributed by atoms with Gasteiger partial charge in [0, 0.05) is 16.1 Å². The lowest BCUT2D eigenvalue weighted by molar-refractivity contribution is 0.492. The zero-order chi connectivity index (χ0) is 12.5. The van der Waals surface area contributed by atoms with E-state index >= 15 is 0 Å². The third-order valence-electron chi connectivity index (χ3n) is 3.34. The monoisotopic (exact) mass is 305 g/mol. The highest BCUT2D eigenvalue weighted by atomic mass is 79.9. The van der Waals surface area contributed by atoms with Gasteiger partial charge in [0.15, 0.2) is 0 Å². The molecule has 0 unspecified atom stereocenters. The van der Waals surface area contributed by atoms with Crippen molar-refractivity contribution in [3.63, 3.8) is 0 Å². The quantitative estimate of drug-likeness (QED) is 0.912. The number of hydrogen-bond donors (Lipinski definition) is 1. The summed E-state index contributed by atoms with van der Waals surface area (Å²) in [5.74, 6) is 1.96. The second-order valence-electron chi connectivity index (χ2n) is 4.83. The van der Waals surface area contributed by atoms with Crippen molar-refractivity contribution in [2.75, 3.05) is 0 Å². The van der Waals surface area contributed by atoms with Crippen LogP contribution in [0, 0.1) is 6.92 Å². The van der Waals surface area contributed by atoms with E-state index in [1.54, 1.807) is 0 Å². The molecule has 2 aromatic rings. The summed E-state index contributed by atoms with van der Waals surface area (Å²) in [7, 11) is 0. The second-order valence-corrected chi connectivity index (χ2v) is 5.69. The topological polar surface area (TPSA) is 25.2 Å². The Morgan fingerprint density at radius 3 is 2.89 bits per heavy atom. The molecule has 1 aliphatic carbocycles. The molecule has 0 radical (unpaired) electrons. The summed E-state index contributed by atoms with van der Waals surface area (Å²) in [5.41, 5.74) is 2.37. The maximum atomic E-state index is 5.90. The first-order valence-corrected chi connectivity index (χ1v) is 7.11. The Morgan fingerprint density at radius 1 is 1.28 bits per heavy atom. The predicted molar refractivity (Wildman–Crippen MR) is 76.4 cm³/mol. The molecule has 1 saturated carbocycles. The molecule has 0 amide bonds. The van der Waals surface area contributed by atoms with Gasteiger partial charge in [-0.2, -0.15) is 0 Å². The van der Waals surface area contributed by atoms with Gasteiger partial charge in [-0.15, -0.1) is 0 Å². The molecule has 3 heteroatoms. The Hall–Kier alpha value is -1.06. The lowest BCUT2D eigenvalue weighted by atomic mass is 10.1. The van der Waals surface area contributed by atoms with Crippen LogP contribution in [-0.2, 0) is 6.54 Å². The number of rotatable bonds is 4. The number of halogens is 1. The SMILES string of the molecule is Cc1c(Br)cccc1-c1ccc(CNC2CC2)o1. The van der Waals surface area contributed by atoms with Crippen LogP contribution in [0.25, 0.3) is 11.3 Å². The Morgan fingerprint density at radius 2 is 2.11 bits per heavy atom. The summed E-state index contributed by atoms with van der Waals surface area (Å²) in [6, 6.07) is 11.0. The Balaban J connectivity index is 1.80. The Bertz CT molecular complexity index is 557. The first-order valence-electron chi connectivity index (χ1n) is 6.31. The third kappa shape index (κ3) is 2.52. The van der Waals surface area contributed by atoms with Crippen LogP contribution in [0.2, 0.25) is 0 Å². The van der Waals surface area contributed by atoms with Gasteiger partial charge in [-0.05, 0) is 43.5 Å². The van der Waals surface area contributed by atoms with Gasteiger partial charge in [0.2, 0.25) is 0 Å². The van der Waals surface area contributed by atoms with Crippen LogP contribution in [0.5, 0.6) is 0 Å². The normalized spacial score (nSPS) is 15.0. The van der Waals surface area contributed by atoms with Crippen LogP contribution in [0.1, 0.15) is 24.2 Å². The summed E-state index contributed by atoms with van der Waals surface area (Å²) < 4.78 is 7.02. The average Bonchev–Trinajstić information content (AvgIpc) is 3.08. The lowest BCUT2D eigenvalue weighted by Gasteiger charge is -2.04. The van der Waals surface area contributed by atoms with Crippen molar-refractivity contribution < 1.29 is 4.42 Å². The van der Waals surface area contributed by atoms with Crippen molar-refractivity contribution in [2.24, 2.45) is 0 Å². The van der Waals surface area contributed by atoms with Crippen LogP contribution in [0.15, 0.2) is 39.2 Å². The van der Waals surface area contributed by atoms with Gasteiger partial charge < -0.3 is 9.73 Å². The number of hydrogen-bond acceptors (Lipinski definition) is 2. The van der Waals surface area contributed by atoms with Crippen LogP contribution in [0.3, 0.4) is 0 Å². The molecule has 0 aliphatic heterocycles. The van der Waals surface area contributed by atoms with Crippen molar-refractivity contribution in [1.82, 2.24) is 5.32 Å². The third-order valence-corrected chi connectivity index (χ3v) is 4.20. The Labute approximate surface area is 116 Å². The molecule has 2 nitrogen and oxygen atoms in total. The van der Waals surface area contributed by atoms with Crippen LogP contribution < -0.4 is 5.32 Å². The molecule has 1 heterocycles. The maximum absolute atomic E-state index is 5.90.